The molecule has 0 aromatic carbocycles. The number of likely N-dealkylation sites (tertiary alicyclic amines) is 1. The first-order valence-corrected chi connectivity index (χ1v) is 6.99. The summed E-state index contributed by atoms with van der Waals surface area (Å²) in [4.78, 5) is 14.0. The van der Waals surface area contributed by atoms with Crippen molar-refractivity contribution >= 4 is 5.95 Å². The number of fused-ring (bicyclic) bond motifs is 1. The summed E-state index contributed by atoms with van der Waals surface area (Å²) in [5, 5.41) is 0. The number of aryl methyl sites for hydroxylation is 1. The third-order valence-corrected chi connectivity index (χ3v) is 4.31. The molecule has 3 heterocycles. The Labute approximate surface area is 109 Å². The van der Waals surface area contributed by atoms with Crippen LogP contribution in [0.3, 0.4) is 0 Å². The fourth-order valence-corrected chi connectivity index (χ4v) is 3.41. The molecule has 1 aromatic heterocycles. The van der Waals surface area contributed by atoms with E-state index in [1.165, 1.54) is 32.4 Å². The molecule has 0 amide bonds. The zero-order chi connectivity index (χ0) is 12.5. The van der Waals surface area contributed by atoms with Crippen molar-refractivity contribution in [2.75, 3.05) is 31.6 Å². The van der Waals surface area contributed by atoms with Crippen LogP contribution in [0.25, 0.3) is 0 Å². The first kappa shape index (κ1) is 11.9. The molecule has 0 unspecified atom stereocenters. The van der Waals surface area contributed by atoms with Crippen molar-refractivity contribution in [2.24, 2.45) is 5.92 Å². The molecule has 2 fully saturated rings. The standard InChI is InChI=1S/C14H22N4/c1-11-5-7-15-14(16-11)18-8-3-4-12-10-17(2)9-6-13(12)18/h5,7,12-13H,3-4,6,8-10H2,1-2H3/t12-,13+/m0/s1. The quantitative estimate of drug-likeness (QED) is 0.755. The van der Waals surface area contributed by atoms with Gasteiger partial charge in [-0.3, -0.25) is 0 Å². The van der Waals surface area contributed by atoms with Gasteiger partial charge in [0.2, 0.25) is 5.95 Å². The Bertz CT molecular complexity index is 420. The van der Waals surface area contributed by atoms with Crippen LogP contribution in [0, 0.1) is 12.8 Å². The van der Waals surface area contributed by atoms with Gasteiger partial charge in [-0.1, -0.05) is 0 Å². The number of hydrogen-bond donors (Lipinski definition) is 0. The Morgan fingerprint density at radius 1 is 1.28 bits per heavy atom. The first-order valence-electron chi connectivity index (χ1n) is 6.99. The second-order valence-electron chi connectivity index (χ2n) is 5.71. The summed E-state index contributed by atoms with van der Waals surface area (Å²) >= 11 is 0. The largest absolute Gasteiger partial charge is 0.337 e. The lowest BCUT2D eigenvalue weighted by molar-refractivity contribution is 0.153. The van der Waals surface area contributed by atoms with Gasteiger partial charge in [-0.15, -0.1) is 0 Å². The molecule has 0 radical (unpaired) electrons. The summed E-state index contributed by atoms with van der Waals surface area (Å²) in [5.74, 6) is 1.73. The highest BCUT2D eigenvalue weighted by Crippen LogP contribution is 2.32. The van der Waals surface area contributed by atoms with Gasteiger partial charge < -0.3 is 9.80 Å². The average Bonchev–Trinajstić information content (AvgIpc) is 2.37. The number of hydrogen-bond acceptors (Lipinski definition) is 4. The molecule has 0 bridgehead atoms. The van der Waals surface area contributed by atoms with Crippen molar-refractivity contribution in [3.63, 3.8) is 0 Å². The fraction of sp³-hybridized carbons (Fsp3) is 0.714. The summed E-state index contributed by atoms with van der Waals surface area (Å²) in [5.41, 5.74) is 1.06. The molecule has 4 nitrogen and oxygen atoms in total. The summed E-state index contributed by atoms with van der Waals surface area (Å²) in [7, 11) is 2.23. The van der Waals surface area contributed by atoms with E-state index >= 15 is 0 Å². The lowest BCUT2D eigenvalue weighted by Crippen LogP contribution is -2.53. The molecule has 2 aliphatic heterocycles. The van der Waals surface area contributed by atoms with Gasteiger partial charge in [-0.2, -0.15) is 0 Å². The monoisotopic (exact) mass is 246 g/mol. The van der Waals surface area contributed by atoms with Gasteiger partial charge in [0.25, 0.3) is 0 Å². The third-order valence-electron chi connectivity index (χ3n) is 4.31. The molecule has 18 heavy (non-hydrogen) atoms. The van der Waals surface area contributed by atoms with Crippen molar-refractivity contribution in [1.29, 1.82) is 0 Å². The molecule has 1 aromatic rings. The normalized spacial score (nSPS) is 29.1. The van der Waals surface area contributed by atoms with E-state index in [9.17, 15) is 0 Å². The van der Waals surface area contributed by atoms with Crippen molar-refractivity contribution in [1.82, 2.24) is 14.9 Å². The van der Waals surface area contributed by atoms with Crippen LogP contribution in [0.4, 0.5) is 5.95 Å². The Hall–Kier alpha value is -1.16. The van der Waals surface area contributed by atoms with Crippen LogP contribution >= 0.6 is 0 Å². The minimum Gasteiger partial charge on any atom is -0.337 e. The van der Waals surface area contributed by atoms with Crippen LogP contribution in [-0.4, -0.2) is 47.6 Å². The molecule has 0 aliphatic carbocycles. The number of rotatable bonds is 1. The van der Waals surface area contributed by atoms with E-state index in [0.29, 0.717) is 6.04 Å². The summed E-state index contributed by atoms with van der Waals surface area (Å²) in [6.07, 6.45) is 5.76. The van der Waals surface area contributed by atoms with Crippen LogP contribution in [0.1, 0.15) is 25.0 Å². The van der Waals surface area contributed by atoms with E-state index in [-0.39, 0.29) is 0 Å². The van der Waals surface area contributed by atoms with Crippen LogP contribution in [0.2, 0.25) is 0 Å². The van der Waals surface area contributed by atoms with Gasteiger partial charge >= 0.3 is 0 Å². The highest BCUT2D eigenvalue weighted by Gasteiger charge is 2.35. The molecule has 2 saturated heterocycles. The van der Waals surface area contributed by atoms with Crippen molar-refractivity contribution < 1.29 is 0 Å². The molecule has 0 saturated carbocycles. The zero-order valence-electron chi connectivity index (χ0n) is 11.3. The number of aromatic nitrogens is 2. The summed E-state index contributed by atoms with van der Waals surface area (Å²) < 4.78 is 0. The Morgan fingerprint density at radius 2 is 2.17 bits per heavy atom. The molecule has 0 N–H and O–H groups in total. The predicted octanol–water partition coefficient (Wildman–Crippen LogP) is 1.71. The number of nitrogens with zero attached hydrogens (tertiary/aromatic N) is 4. The third kappa shape index (κ3) is 2.21. The lowest BCUT2D eigenvalue weighted by atomic mass is 9.84. The second-order valence-corrected chi connectivity index (χ2v) is 5.71. The molecular weight excluding hydrogens is 224 g/mol. The minimum absolute atomic E-state index is 0.650. The molecule has 4 heteroatoms. The molecule has 2 atom stereocenters. The van der Waals surface area contributed by atoms with E-state index in [1.807, 2.05) is 19.2 Å². The van der Waals surface area contributed by atoms with E-state index in [0.717, 1.165) is 24.1 Å². The van der Waals surface area contributed by atoms with Gasteiger partial charge in [-0.25, -0.2) is 9.97 Å². The zero-order valence-corrected chi connectivity index (χ0v) is 11.3. The SMILES string of the molecule is Cc1ccnc(N2CCC[C@H]3CN(C)CC[C@H]32)n1. The summed E-state index contributed by atoms with van der Waals surface area (Å²) in [6.45, 7) is 5.59. The van der Waals surface area contributed by atoms with Crippen LogP contribution in [-0.2, 0) is 0 Å². The minimum atomic E-state index is 0.650. The molecular formula is C14H22N4. The van der Waals surface area contributed by atoms with E-state index in [4.69, 9.17) is 0 Å². The second kappa shape index (κ2) is 4.84. The van der Waals surface area contributed by atoms with Gasteiger partial charge in [0.05, 0.1) is 0 Å². The Kier molecular flexibility index (Phi) is 3.20. The van der Waals surface area contributed by atoms with E-state index < -0.39 is 0 Å². The molecule has 0 spiro atoms. The highest BCUT2D eigenvalue weighted by atomic mass is 15.3. The topological polar surface area (TPSA) is 32.3 Å². The van der Waals surface area contributed by atoms with Gasteiger partial charge in [-0.05, 0) is 51.8 Å². The first-order chi connectivity index (χ1) is 8.74. The van der Waals surface area contributed by atoms with E-state index in [1.54, 1.807) is 0 Å². The van der Waals surface area contributed by atoms with Crippen molar-refractivity contribution in [3.05, 3.63) is 18.0 Å². The van der Waals surface area contributed by atoms with Gasteiger partial charge in [0, 0.05) is 31.0 Å². The van der Waals surface area contributed by atoms with Crippen LogP contribution in [0.5, 0.6) is 0 Å². The number of anilines is 1. The van der Waals surface area contributed by atoms with Gasteiger partial charge in [0.1, 0.15) is 0 Å². The fourth-order valence-electron chi connectivity index (χ4n) is 3.41. The van der Waals surface area contributed by atoms with Crippen molar-refractivity contribution in [2.45, 2.75) is 32.2 Å². The van der Waals surface area contributed by atoms with E-state index in [2.05, 4.69) is 26.8 Å². The summed E-state index contributed by atoms with van der Waals surface area (Å²) in [6, 6.07) is 2.62. The maximum atomic E-state index is 4.61. The van der Waals surface area contributed by atoms with Crippen LogP contribution in [0.15, 0.2) is 12.3 Å². The predicted molar refractivity (Wildman–Crippen MR) is 72.7 cm³/mol. The lowest BCUT2D eigenvalue weighted by Gasteiger charge is -2.46. The average molecular weight is 246 g/mol. The Morgan fingerprint density at radius 3 is 3.00 bits per heavy atom. The molecule has 2 aliphatic rings. The van der Waals surface area contributed by atoms with Crippen LogP contribution < -0.4 is 4.90 Å². The maximum absolute atomic E-state index is 4.61. The van der Waals surface area contributed by atoms with Gasteiger partial charge in [0.15, 0.2) is 0 Å². The molecule has 3 rings (SSSR count). The highest BCUT2D eigenvalue weighted by molar-refractivity contribution is 5.33. The molecule has 98 valence electrons. The smallest absolute Gasteiger partial charge is 0.225 e. The maximum Gasteiger partial charge on any atom is 0.225 e. The van der Waals surface area contributed by atoms with Crippen molar-refractivity contribution in [3.8, 4) is 0 Å². The Balaban J connectivity index is 1.83. The number of piperidine rings is 2.